The molecule has 19 heavy (non-hydrogen) atoms. The van der Waals surface area contributed by atoms with Crippen molar-refractivity contribution in [3.05, 3.63) is 11.4 Å². The van der Waals surface area contributed by atoms with Crippen molar-refractivity contribution in [2.75, 3.05) is 0 Å². The topological polar surface area (TPSA) is 91.9 Å². The summed E-state index contributed by atoms with van der Waals surface area (Å²) < 4.78 is 23.0. The molecule has 0 aromatic carbocycles. The Balaban J connectivity index is 2.30. The molecule has 1 aromatic rings. The number of hydrogen-bond acceptors (Lipinski definition) is 4. The second-order valence-corrected chi connectivity index (χ2v) is 7.69. The molecule has 8 heteroatoms. The molecule has 106 valence electrons. The fourth-order valence-corrected chi connectivity index (χ4v) is 3.83. The van der Waals surface area contributed by atoms with Crippen LogP contribution >= 0.6 is 10.7 Å². The standard InChI is InChI=1S/C11H16ClN3O3S/c1-7-9(19(12,17)18)8(15-14-7)10(16)13-11(2)5-3-4-6-11/h3-6H2,1-2H3,(H,13,16)(H,14,15). The maximum Gasteiger partial charge on any atom is 0.273 e. The Hall–Kier alpha value is -1.08. The molecule has 1 amide bonds. The van der Waals surface area contributed by atoms with Crippen molar-refractivity contribution < 1.29 is 13.2 Å². The van der Waals surface area contributed by atoms with Crippen molar-refractivity contribution in [2.24, 2.45) is 0 Å². The number of aryl methyl sites for hydroxylation is 1. The number of amides is 1. The Morgan fingerprint density at radius 3 is 2.53 bits per heavy atom. The van der Waals surface area contributed by atoms with Crippen molar-refractivity contribution in [3.63, 3.8) is 0 Å². The lowest BCUT2D eigenvalue weighted by Crippen LogP contribution is -2.44. The molecule has 0 aliphatic heterocycles. The molecule has 1 aliphatic rings. The zero-order valence-electron chi connectivity index (χ0n) is 10.8. The zero-order valence-corrected chi connectivity index (χ0v) is 12.4. The molecule has 6 nitrogen and oxygen atoms in total. The maximum atomic E-state index is 12.2. The van der Waals surface area contributed by atoms with Crippen LogP contribution in [0.25, 0.3) is 0 Å². The van der Waals surface area contributed by atoms with E-state index >= 15 is 0 Å². The predicted molar refractivity (Wildman–Crippen MR) is 70.7 cm³/mol. The van der Waals surface area contributed by atoms with Gasteiger partial charge in [0.2, 0.25) is 0 Å². The van der Waals surface area contributed by atoms with Crippen molar-refractivity contribution in [1.82, 2.24) is 15.5 Å². The molecule has 2 rings (SSSR count). The highest BCUT2D eigenvalue weighted by atomic mass is 35.7. The highest BCUT2D eigenvalue weighted by Gasteiger charge is 2.34. The molecule has 1 saturated carbocycles. The number of nitrogens with one attached hydrogen (secondary N) is 2. The van der Waals surface area contributed by atoms with Crippen molar-refractivity contribution in [3.8, 4) is 0 Å². The second kappa shape index (κ2) is 4.79. The van der Waals surface area contributed by atoms with Gasteiger partial charge < -0.3 is 5.32 Å². The van der Waals surface area contributed by atoms with Crippen LogP contribution < -0.4 is 5.32 Å². The average Bonchev–Trinajstić information content (AvgIpc) is 2.83. The van der Waals surface area contributed by atoms with Gasteiger partial charge in [-0.2, -0.15) is 5.10 Å². The van der Waals surface area contributed by atoms with E-state index in [2.05, 4.69) is 15.5 Å². The Labute approximate surface area is 116 Å². The van der Waals surface area contributed by atoms with Crippen LogP contribution in [0.15, 0.2) is 4.90 Å². The second-order valence-electron chi connectivity index (χ2n) is 5.19. The van der Waals surface area contributed by atoms with E-state index in [-0.39, 0.29) is 21.8 Å². The van der Waals surface area contributed by atoms with E-state index in [1.165, 1.54) is 6.92 Å². The van der Waals surface area contributed by atoms with E-state index in [9.17, 15) is 13.2 Å². The number of carbonyl (C=O) groups is 1. The van der Waals surface area contributed by atoms with Crippen LogP contribution in [0, 0.1) is 6.92 Å². The van der Waals surface area contributed by atoms with Gasteiger partial charge in [0.05, 0.1) is 5.69 Å². The van der Waals surface area contributed by atoms with Gasteiger partial charge in [-0.3, -0.25) is 9.89 Å². The first-order valence-electron chi connectivity index (χ1n) is 6.05. The Kier molecular flexibility index (Phi) is 3.61. The molecule has 1 heterocycles. The largest absolute Gasteiger partial charge is 0.345 e. The number of nitrogens with zero attached hydrogens (tertiary/aromatic N) is 1. The molecule has 1 fully saturated rings. The SMILES string of the molecule is Cc1[nH]nc(C(=O)NC2(C)CCCC2)c1S(=O)(=O)Cl. The molecular formula is C11H16ClN3O3S. The normalized spacial score (nSPS) is 18.5. The van der Waals surface area contributed by atoms with Gasteiger partial charge in [0.15, 0.2) is 5.69 Å². The van der Waals surface area contributed by atoms with E-state index in [0.29, 0.717) is 0 Å². The van der Waals surface area contributed by atoms with E-state index < -0.39 is 15.0 Å². The minimum atomic E-state index is -4.00. The summed E-state index contributed by atoms with van der Waals surface area (Å²) in [6.45, 7) is 3.46. The molecule has 0 atom stereocenters. The van der Waals surface area contributed by atoms with E-state index in [4.69, 9.17) is 10.7 Å². The maximum absolute atomic E-state index is 12.2. The van der Waals surface area contributed by atoms with Gasteiger partial charge in [-0.1, -0.05) is 12.8 Å². The van der Waals surface area contributed by atoms with Gasteiger partial charge in [-0.15, -0.1) is 0 Å². The fourth-order valence-electron chi connectivity index (χ4n) is 2.48. The highest BCUT2D eigenvalue weighted by molar-refractivity contribution is 8.13. The minimum Gasteiger partial charge on any atom is -0.345 e. The minimum absolute atomic E-state index is 0.166. The summed E-state index contributed by atoms with van der Waals surface area (Å²) in [7, 11) is 1.34. The van der Waals surface area contributed by atoms with Crippen LogP contribution in [-0.2, 0) is 9.05 Å². The Morgan fingerprint density at radius 1 is 1.42 bits per heavy atom. The smallest absolute Gasteiger partial charge is 0.273 e. The van der Waals surface area contributed by atoms with Crippen molar-refractivity contribution >= 4 is 25.6 Å². The molecule has 1 aliphatic carbocycles. The third kappa shape index (κ3) is 2.92. The molecule has 0 bridgehead atoms. The summed E-state index contributed by atoms with van der Waals surface area (Å²) in [5.41, 5.74) is -0.200. The number of halogens is 1. The quantitative estimate of drug-likeness (QED) is 0.832. The van der Waals surface area contributed by atoms with Gasteiger partial charge in [0.25, 0.3) is 15.0 Å². The van der Waals surface area contributed by atoms with Gasteiger partial charge in [0.1, 0.15) is 4.90 Å². The predicted octanol–water partition coefficient (Wildman–Crippen LogP) is 1.71. The average molecular weight is 306 g/mol. The van der Waals surface area contributed by atoms with Gasteiger partial charge in [-0.05, 0) is 26.7 Å². The third-order valence-electron chi connectivity index (χ3n) is 3.47. The summed E-state index contributed by atoms with van der Waals surface area (Å²) in [5.74, 6) is -0.507. The molecule has 0 radical (unpaired) electrons. The molecule has 0 unspecified atom stereocenters. The zero-order chi connectivity index (χ0) is 14.3. The van der Waals surface area contributed by atoms with Crippen LogP contribution in [0.1, 0.15) is 48.8 Å². The number of rotatable bonds is 3. The molecule has 0 saturated heterocycles. The summed E-state index contributed by atoms with van der Waals surface area (Å²) >= 11 is 0. The summed E-state index contributed by atoms with van der Waals surface area (Å²) in [6, 6.07) is 0. The van der Waals surface area contributed by atoms with Crippen LogP contribution in [0.2, 0.25) is 0 Å². The molecule has 2 N–H and O–H groups in total. The molecule has 0 spiro atoms. The monoisotopic (exact) mass is 305 g/mol. The lowest BCUT2D eigenvalue weighted by atomic mass is 10.0. The van der Waals surface area contributed by atoms with E-state index in [1.807, 2.05) is 6.92 Å². The van der Waals surface area contributed by atoms with Crippen LogP contribution in [0.5, 0.6) is 0 Å². The lowest BCUT2D eigenvalue weighted by Gasteiger charge is -2.24. The van der Waals surface area contributed by atoms with Crippen LogP contribution in [0.3, 0.4) is 0 Å². The number of hydrogen-bond donors (Lipinski definition) is 2. The number of aromatic amines is 1. The van der Waals surface area contributed by atoms with Crippen LogP contribution in [0.4, 0.5) is 0 Å². The number of H-pyrrole nitrogens is 1. The number of carbonyl (C=O) groups excluding carboxylic acids is 1. The first kappa shape index (κ1) is 14.3. The Morgan fingerprint density at radius 2 is 2.00 bits per heavy atom. The summed E-state index contributed by atoms with van der Waals surface area (Å²) in [6.07, 6.45) is 3.87. The highest BCUT2D eigenvalue weighted by Crippen LogP contribution is 2.30. The van der Waals surface area contributed by atoms with E-state index in [0.717, 1.165) is 25.7 Å². The first-order valence-corrected chi connectivity index (χ1v) is 8.36. The molecular weight excluding hydrogens is 290 g/mol. The van der Waals surface area contributed by atoms with E-state index in [1.54, 1.807) is 0 Å². The van der Waals surface area contributed by atoms with Crippen molar-refractivity contribution in [1.29, 1.82) is 0 Å². The lowest BCUT2D eigenvalue weighted by molar-refractivity contribution is 0.0899. The van der Waals surface area contributed by atoms with Crippen LogP contribution in [-0.4, -0.2) is 30.1 Å². The van der Waals surface area contributed by atoms with Gasteiger partial charge >= 0.3 is 0 Å². The first-order chi connectivity index (χ1) is 8.73. The van der Waals surface area contributed by atoms with Gasteiger partial charge in [-0.25, -0.2) is 8.42 Å². The summed E-state index contributed by atoms with van der Waals surface area (Å²) in [4.78, 5) is 11.9. The van der Waals surface area contributed by atoms with Crippen molar-refractivity contribution in [2.45, 2.75) is 50.0 Å². The Bertz CT molecular complexity index is 603. The van der Waals surface area contributed by atoms with Gasteiger partial charge in [0, 0.05) is 16.2 Å². The summed E-state index contributed by atoms with van der Waals surface area (Å²) in [5, 5.41) is 9.10. The fraction of sp³-hybridized carbons (Fsp3) is 0.636. The third-order valence-corrected chi connectivity index (χ3v) is 4.92. The number of aromatic nitrogens is 2. The molecule has 1 aromatic heterocycles.